The van der Waals surface area contributed by atoms with Crippen molar-refractivity contribution in [1.82, 2.24) is 15.2 Å². The quantitative estimate of drug-likeness (QED) is 0.706. The van der Waals surface area contributed by atoms with Crippen LogP contribution in [0, 0.1) is 0 Å². The van der Waals surface area contributed by atoms with Crippen LogP contribution in [0.2, 0.25) is 5.02 Å². The predicted molar refractivity (Wildman–Crippen MR) is 92.4 cm³/mol. The molecule has 3 rings (SSSR count). The van der Waals surface area contributed by atoms with Crippen molar-refractivity contribution in [1.29, 1.82) is 0 Å². The Kier molecular flexibility index (Phi) is 4.65. The van der Waals surface area contributed by atoms with Crippen molar-refractivity contribution in [3.63, 3.8) is 0 Å². The number of phenolic OH excluding ortho intramolecular Hbond substituents is 1. The number of nitrogens with zero attached hydrogens (tertiary/aromatic N) is 2. The molecule has 130 valence electrons. The molecule has 0 aliphatic rings. The first-order valence-electron chi connectivity index (χ1n) is 7.14. The monoisotopic (exact) mass is 379 g/mol. The number of H-pyrrole nitrogens is 1. The average molecular weight is 380 g/mol. The second-order valence-electron chi connectivity index (χ2n) is 5.37. The second kappa shape index (κ2) is 6.73. The van der Waals surface area contributed by atoms with Crippen LogP contribution in [0.25, 0.3) is 11.4 Å². The summed E-state index contributed by atoms with van der Waals surface area (Å²) < 4.78 is 28.8. The van der Waals surface area contributed by atoms with Gasteiger partial charge in [0.15, 0.2) is 9.84 Å². The Labute approximate surface area is 149 Å². The van der Waals surface area contributed by atoms with E-state index in [9.17, 15) is 13.5 Å². The Morgan fingerprint density at radius 2 is 2.04 bits per heavy atom. The van der Waals surface area contributed by atoms with Gasteiger partial charge in [-0.2, -0.15) is 5.10 Å². The Balaban J connectivity index is 1.74. The lowest BCUT2D eigenvalue weighted by atomic mass is 10.2. The third kappa shape index (κ3) is 4.09. The van der Waals surface area contributed by atoms with Gasteiger partial charge in [0.2, 0.25) is 0 Å². The van der Waals surface area contributed by atoms with Crippen LogP contribution in [0.1, 0.15) is 5.56 Å². The lowest BCUT2D eigenvalue weighted by Gasteiger charge is -2.08. The van der Waals surface area contributed by atoms with Gasteiger partial charge in [0.25, 0.3) is 0 Å². The Morgan fingerprint density at radius 3 is 2.64 bits per heavy atom. The van der Waals surface area contributed by atoms with E-state index in [4.69, 9.17) is 16.3 Å². The number of hydrogen-bond donors (Lipinski definition) is 2. The summed E-state index contributed by atoms with van der Waals surface area (Å²) in [6.45, 7) is 0.0861. The number of nitrogens with one attached hydrogen (secondary N) is 1. The number of ether oxygens (including phenoxy) is 1. The minimum absolute atomic E-state index is 0.0356. The molecule has 0 aliphatic heterocycles. The van der Waals surface area contributed by atoms with Crippen LogP contribution in [0.15, 0.2) is 47.6 Å². The summed E-state index contributed by atoms with van der Waals surface area (Å²) in [6, 6.07) is 7.53. The topological polar surface area (TPSA) is 105 Å². The highest BCUT2D eigenvalue weighted by molar-refractivity contribution is 7.90. The summed E-state index contributed by atoms with van der Waals surface area (Å²) in [6.07, 6.45) is 4.09. The fourth-order valence-corrected chi connectivity index (χ4v) is 3.06. The van der Waals surface area contributed by atoms with Crippen molar-refractivity contribution < 1.29 is 18.3 Å². The molecule has 9 heteroatoms. The maximum atomic E-state index is 11.6. The highest BCUT2D eigenvalue weighted by Crippen LogP contribution is 2.25. The van der Waals surface area contributed by atoms with Gasteiger partial charge in [-0.3, -0.25) is 10.1 Å². The highest BCUT2D eigenvalue weighted by Gasteiger charge is 2.11. The molecular weight excluding hydrogens is 366 g/mol. The number of aromatic nitrogens is 3. The zero-order valence-corrected chi connectivity index (χ0v) is 14.7. The maximum absolute atomic E-state index is 11.6. The fourth-order valence-electron chi connectivity index (χ4n) is 2.17. The molecule has 0 spiro atoms. The van der Waals surface area contributed by atoms with Crippen molar-refractivity contribution in [2.24, 2.45) is 0 Å². The zero-order chi connectivity index (χ0) is 18.0. The third-order valence-electron chi connectivity index (χ3n) is 3.37. The van der Waals surface area contributed by atoms with E-state index in [0.717, 1.165) is 6.26 Å². The van der Waals surface area contributed by atoms with Gasteiger partial charge in [0.05, 0.1) is 28.0 Å². The second-order valence-corrected chi connectivity index (χ2v) is 7.79. The van der Waals surface area contributed by atoms with Gasteiger partial charge in [-0.15, -0.1) is 0 Å². The van der Waals surface area contributed by atoms with Crippen LogP contribution in [0.5, 0.6) is 11.5 Å². The van der Waals surface area contributed by atoms with Crippen molar-refractivity contribution in [2.45, 2.75) is 11.5 Å². The summed E-state index contributed by atoms with van der Waals surface area (Å²) in [7, 11) is -3.42. The SMILES string of the molecule is CS(=O)(=O)c1cc(O)cc(COc2ccc(-c3[nH]ncc3Cl)nc2)c1. The van der Waals surface area contributed by atoms with E-state index >= 15 is 0 Å². The molecule has 0 unspecified atom stereocenters. The van der Waals surface area contributed by atoms with Gasteiger partial charge >= 0.3 is 0 Å². The summed E-state index contributed by atoms with van der Waals surface area (Å²) in [5.41, 5.74) is 1.76. The van der Waals surface area contributed by atoms with Crippen LogP contribution in [-0.4, -0.2) is 35.0 Å². The molecule has 25 heavy (non-hydrogen) atoms. The molecule has 0 atom stereocenters. The molecule has 0 aliphatic carbocycles. The van der Waals surface area contributed by atoms with Gasteiger partial charge in [-0.1, -0.05) is 11.6 Å². The molecule has 0 radical (unpaired) electrons. The molecule has 3 aromatic rings. The van der Waals surface area contributed by atoms with E-state index < -0.39 is 9.84 Å². The normalized spacial score (nSPS) is 11.4. The summed E-state index contributed by atoms with van der Waals surface area (Å²) in [5.74, 6) is 0.354. The molecular formula is C16H14ClN3O4S. The van der Waals surface area contributed by atoms with Gasteiger partial charge in [0.1, 0.15) is 23.8 Å². The van der Waals surface area contributed by atoms with E-state index in [1.54, 1.807) is 12.1 Å². The van der Waals surface area contributed by atoms with Crippen molar-refractivity contribution in [3.8, 4) is 22.9 Å². The van der Waals surface area contributed by atoms with E-state index in [1.807, 2.05) is 0 Å². The maximum Gasteiger partial charge on any atom is 0.175 e. The van der Waals surface area contributed by atoms with Gasteiger partial charge in [-0.25, -0.2) is 8.42 Å². The number of aromatic hydroxyl groups is 1. The molecule has 2 N–H and O–H groups in total. The Morgan fingerprint density at radius 1 is 1.24 bits per heavy atom. The summed E-state index contributed by atoms with van der Waals surface area (Å²) in [4.78, 5) is 4.28. The first-order valence-corrected chi connectivity index (χ1v) is 9.41. The number of halogens is 1. The molecule has 0 fully saturated rings. The Bertz CT molecular complexity index is 1000. The number of phenols is 1. The van der Waals surface area contributed by atoms with Crippen molar-refractivity contribution in [2.75, 3.05) is 6.26 Å². The minimum atomic E-state index is -3.42. The third-order valence-corrected chi connectivity index (χ3v) is 4.75. The fraction of sp³-hybridized carbons (Fsp3) is 0.125. The van der Waals surface area contributed by atoms with Crippen LogP contribution in [0.4, 0.5) is 0 Å². The number of hydrogen-bond acceptors (Lipinski definition) is 6. The molecule has 0 bridgehead atoms. The Hall–Kier alpha value is -2.58. The zero-order valence-electron chi connectivity index (χ0n) is 13.1. The van der Waals surface area contributed by atoms with Crippen LogP contribution < -0.4 is 4.74 Å². The summed E-state index contributed by atoms with van der Waals surface area (Å²) >= 11 is 5.98. The molecule has 7 nitrogen and oxygen atoms in total. The number of pyridine rings is 1. The number of aromatic amines is 1. The van der Waals surface area contributed by atoms with E-state index in [0.29, 0.717) is 27.7 Å². The standard InChI is InChI=1S/C16H14ClN3O4S/c1-25(22,23)13-5-10(4-11(21)6-13)9-24-12-2-3-15(18-7-12)16-14(17)8-19-20-16/h2-8,21H,9H2,1H3,(H,19,20). The number of rotatable bonds is 5. The lowest BCUT2D eigenvalue weighted by molar-refractivity contribution is 0.304. The van der Waals surface area contributed by atoms with Gasteiger partial charge in [-0.05, 0) is 35.9 Å². The van der Waals surface area contributed by atoms with Crippen LogP contribution in [0.3, 0.4) is 0 Å². The van der Waals surface area contributed by atoms with Crippen molar-refractivity contribution >= 4 is 21.4 Å². The molecule has 2 heterocycles. The van der Waals surface area contributed by atoms with Gasteiger partial charge in [0, 0.05) is 6.26 Å². The highest BCUT2D eigenvalue weighted by atomic mass is 35.5. The van der Waals surface area contributed by atoms with Crippen LogP contribution in [-0.2, 0) is 16.4 Å². The van der Waals surface area contributed by atoms with E-state index in [-0.39, 0.29) is 17.3 Å². The van der Waals surface area contributed by atoms with E-state index in [2.05, 4.69) is 15.2 Å². The molecule has 2 aromatic heterocycles. The van der Waals surface area contributed by atoms with Crippen LogP contribution >= 0.6 is 11.6 Å². The first-order chi connectivity index (χ1) is 11.8. The average Bonchev–Trinajstić information content (AvgIpc) is 2.98. The van der Waals surface area contributed by atoms with E-state index in [1.165, 1.54) is 30.6 Å². The molecule has 1 aromatic carbocycles. The molecule has 0 saturated carbocycles. The predicted octanol–water partition coefficient (Wildman–Crippen LogP) is 2.81. The molecule has 0 saturated heterocycles. The largest absolute Gasteiger partial charge is 0.508 e. The number of benzene rings is 1. The van der Waals surface area contributed by atoms with Crippen molar-refractivity contribution in [3.05, 3.63) is 53.3 Å². The first kappa shape index (κ1) is 17.2. The minimum Gasteiger partial charge on any atom is -0.508 e. The number of sulfone groups is 1. The van der Waals surface area contributed by atoms with Gasteiger partial charge < -0.3 is 9.84 Å². The summed E-state index contributed by atoms with van der Waals surface area (Å²) in [5, 5.41) is 16.7. The lowest BCUT2D eigenvalue weighted by Crippen LogP contribution is -2.01. The smallest absolute Gasteiger partial charge is 0.175 e. The molecule has 0 amide bonds.